The normalized spacial score (nSPS) is 19.7. The molecule has 1 aliphatic rings. The van der Waals surface area contributed by atoms with E-state index in [0.29, 0.717) is 19.1 Å². The molecule has 1 aromatic heterocycles. The molecule has 0 amide bonds. The van der Waals surface area contributed by atoms with E-state index in [-0.39, 0.29) is 0 Å². The van der Waals surface area contributed by atoms with Gasteiger partial charge in [0.25, 0.3) is 0 Å². The van der Waals surface area contributed by atoms with Crippen molar-refractivity contribution in [2.24, 2.45) is 23.9 Å². The minimum Gasteiger partial charge on any atom is -0.497 e. The first-order chi connectivity index (χ1) is 14.5. The van der Waals surface area contributed by atoms with E-state index < -0.39 is 0 Å². The van der Waals surface area contributed by atoms with Gasteiger partial charge in [0.15, 0.2) is 11.8 Å². The number of nitrogens with zero attached hydrogens (tertiary/aromatic N) is 4. The molecule has 1 fully saturated rings. The SMILES string of the molecule is COc1ccc(CN=C(NCc2nnc(C)n2C)NC2CCC(C(C)C)CC2)cc1. The van der Waals surface area contributed by atoms with Gasteiger partial charge < -0.3 is 19.9 Å². The third-order valence-electron chi connectivity index (χ3n) is 6.23. The van der Waals surface area contributed by atoms with E-state index in [4.69, 9.17) is 9.73 Å². The molecule has 164 valence electrons. The van der Waals surface area contributed by atoms with Gasteiger partial charge in [0.05, 0.1) is 20.2 Å². The van der Waals surface area contributed by atoms with Crippen molar-refractivity contribution in [3.8, 4) is 5.75 Å². The molecular formula is C23H36N6O. The largest absolute Gasteiger partial charge is 0.497 e. The van der Waals surface area contributed by atoms with E-state index >= 15 is 0 Å². The number of rotatable bonds is 7. The van der Waals surface area contributed by atoms with Crippen LogP contribution in [-0.4, -0.2) is 33.9 Å². The van der Waals surface area contributed by atoms with Crippen LogP contribution < -0.4 is 15.4 Å². The van der Waals surface area contributed by atoms with E-state index in [1.165, 1.54) is 25.7 Å². The molecule has 1 saturated carbocycles. The van der Waals surface area contributed by atoms with Crippen LogP contribution in [0.1, 0.15) is 56.7 Å². The van der Waals surface area contributed by atoms with E-state index in [0.717, 1.165) is 40.8 Å². The van der Waals surface area contributed by atoms with E-state index in [2.05, 4.69) is 46.8 Å². The number of aliphatic imine (C=N–C) groups is 1. The number of nitrogens with one attached hydrogen (secondary N) is 2. The number of aromatic nitrogens is 3. The number of guanidine groups is 1. The summed E-state index contributed by atoms with van der Waals surface area (Å²) in [5.41, 5.74) is 1.15. The molecular weight excluding hydrogens is 376 g/mol. The molecule has 3 rings (SSSR count). The molecule has 30 heavy (non-hydrogen) atoms. The first-order valence-corrected chi connectivity index (χ1v) is 11.0. The molecule has 0 spiro atoms. The van der Waals surface area contributed by atoms with Crippen LogP contribution in [-0.2, 0) is 20.1 Å². The lowest BCUT2D eigenvalue weighted by Gasteiger charge is -2.32. The Morgan fingerprint density at radius 3 is 2.43 bits per heavy atom. The molecule has 7 nitrogen and oxygen atoms in total. The van der Waals surface area contributed by atoms with E-state index in [1.807, 2.05) is 30.7 Å². The Balaban J connectivity index is 1.64. The zero-order valence-electron chi connectivity index (χ0n) is 19.0. The van der Waals surface area contributed by atoms with Crippen LogP contribution in [0.2, 0.25) is 0 Å². The van der Waals surface area contributed by atoms with Crippen molar-refractivity contribution in [3.05, 3.63) is 41.5 Å². The van der Waals surface area contributed by atoms with Crippen LogP contribution in [0.25, 0.3) is 0 Å². The summed E-state index contributed by atoms with van der Waals surface area (Å²) in [6.07, 6.45) is 4.94. The Bertz CT molecular complexity index is 819. The number of ether oxygens (including phenoxy) is 1. The van der Waals surface area contributed by atoms with Crippen molar-refractivity contribution >= 4 is 5.96 Å². The summed E-state index contributed by atoms with van der Waals surface area (Å²) >= 11 is 0. The Hall–Kier alpha value is -2.57. The van der Waals surface area contributed by atoms with Crippen LogP contribution in [0.4, 0.5) is 0 Å². The Morgan fingerprint density at radius 1 is 1.17 bits per heavy atom. The standard InChI is InChI=1S/C23H36N6O/c1-16(2)19-8-10-20(11-9-19)26-23(25-15-22-28-27-17(3)29(22)4)24-14-18-6-12-21(30-5)13-7-18/h6-7,12-13,16,19-20H,8-11,14-15H2,1-5H3,(H2,24,25,26). The van der Waals surface area contributed by atoms with Crippen molar-refractivity contribution in [3.63, 3.8) is 0 Å². The zero-order valence-corrected chi connectivity index (χ0v) is 19.0. The molecule has 0 aliphatic heterocycles. The summed E-state index contributed by atoms with van der Waals surface area (Å²) < 4.78 is 7.25. The van der Waals surface area contributed by atoms with Gasteiger partial charge in [-0.2, -0.15) is 0 Å². The van der Waals surface area contributed by atoms with Gasteiger partial charge in [0, 0.05) is 13.1 Å². The number of hydrogen-bond acceptors (Lipinski definition) is 4. The van der Waals surface area contributed by atoms with E-state index in [1.54, 1.807) is 7.11 Å². The highest BCUT2D eigenvalue weighted by Crippen LogP contribution is 2.29. The maximum absolute atomic E-state index is 5.25. The summed E-state index contributed by atoms with van der Waals surface area (Å²) in [7, 11) is 3.67. The number of hydrogen-bond donors (Lipinski definition) is 2. The van der Waals surface area contributed by atoms with Crippen LogP contribution in [0, 0.1) is 18.8 Å². The molecule has 2 aromatic rings. The first kappa shape index (κ1) is 22.1. The Morgan fingerprint density at radius 2 is 1.87 bits per heavy atom. The third kappa shape index (κ3) is 5.97. The van der Waals surface area contributed by atoms with Gasteiger partial charge >= 0.3 is 0 Å². The Labute approximate surface area is 180 Å². The van der Waals surface area contributed by atoms with Gasteiger partial charge in [-0.15, -0.1) is 10.2 Å². The van der Waals surface area contributed by atoms with Crippen molar-refractivity contribution in [1.82, 2.24) is 25.4 Å². The van der Waals surface area contributed by atoms with Crippen LogP contribution in [0.3, 0.4) is 0 Å². The summed E-state index contributed by atoms with van der Waals surface area (Å²) in [5.74, 6) is 5.11. The number of benzene rings is 1. The van der Waals surface area contributed by atoms with Crippen molar-refractivity contribution < 1.29 is 4.74 Å². The quantitative estimate of drug-likeness (QED) is 0.537. The second kappa shape index (κ2) is 10.5. The minimum atomic E-state index is 0.461. The highest BCUT2D eigenvalue weighted by molar-refractivity contribution is 5.80. The fraction of sp³-hybridized carbons (Fsp3) is 0.609. The third-order valence-corrected chi connectivity index (χ3v) is 6.23. The highest BCUT2D eigenvalue weighted by Gasteiger charge is 2.23. The van der Waals surface area contributed by atoms with Crippen molar-refractivity contribution in [2.75, 3.05) is 7.11 Å². The lowest BCUT2D eigenvalue weighted by atomic mass is 9.80. The van der Waals surface area contributed by atoms with Gasteiger partial charge in [0.2, 0.25) is 0 Å². The fourth-order valence-electron chi connectivity index (χ4n) is 3.95. The van der Waals surface area contributed by atoms with Crippen molar-refractivity contribution in [2.45, 2.75) is 65.6 Å². The summed E-state index contributed by atoms with van der Waals surface area (Å²) in [4.78, 5) is 4.85. The molecule has 1 aliphatic carbocycles. The summed E-state index contributed by atoms with van der Waals surface area (Å²) in [6.45, 7) is 7.83. The smallest absolute Gasteiger partial charge is 0.192 e. The second-order valence-corrected chi connectivity index (χ2v) is 8.59. The molecule has 0 atom stereocenters. The monoisotopic (exact) mass is 412 g/mol. The van der Waals surface area contributed by atoms with Crippen LogP contribution in [0.15, 0.2) is 29.3 Å². The van der Waals surface area contributed by atoms with Gasteiger partial charge in [-0.25, -0.2) is 4.99 Å². The maximum Gasteiger partial charge on any atom is 0.192 e. The van der Waals surface area contributed by atoms with Gasteiger partial charge in [0.1, 0.15) is 11.6 Å². The lowest BCUT2D eigenvalue weighted by Crippen LogP contribution is -2.45. The van der Waals surface area contributed by atoms with Gasteiger partial charge in [-0.1, -0.05) is 26.0 Å². The number of methoxy groups -OCH3 is 1. The zero-order chi connectivity index (χ0) is 21.5. The topological polar surface area (TPSA) is 76.4 Å². The van der Waals surface area contributed by atoms with Gasteiger partial charge in [-0.05, 0) is 62.1 Å². The molecule has 7 heteroatoms. The Kier molecular flexibility index (Phi) is 7.71. The predicted octanol–water partition coefficient (Wildman–Crippen LogP) is 3.58. The second-order valence-electron chi connectivity index (χ2n) is 8.59. The van der Waals surface area contributed by atoms with Gasteiger partial charge in [-0.3, -0.25) is 0 Å². The fourth-order valence-corrected chi connectivity index (χ4v) is 3.95. The highest BCUT2D eigenvalue weighted by atomic mass is 16.5. The van der Waals surface area contributed by atoms with E-state index in [9.17, 15) is 0 Å². The molecule has 0 radical (unpaired) electrons. The molecule has 2 N–H and O–H groups in total. The molecule has 0 unspecified atom stereocenters. The molecule has 1 aromatic carbocycles. The predicted molar refractivity (Wildman–Crippen MR) is 120 cm³/mol. The summed E-state index contributed by atoms with van der Waals surface area (Å²) in [6, 6.07) is 8.52. The lowest BCUT2D eigenvalue weighted by molar-refractivity contribution is 0.250. The number of aryl methyl sites for hydroxylation is 1. The summed E-state index contributed by atoms with van der Waals surface area (Å²) in [5, 5.41) is 15.5. The minimum absolute atomic E-state index is 0.461. The maximum atomic E-state index is 5.25. The van der Waals surface area contributed by atoms with Crippen molar-refractivity contribution in [1.29, 1.82) is 0 Å². The molecule has 1 heterocycles. The first-order valence-electron chi connectivity index (χ1n) is 11.0. The average molecular weight is 413 g/mol. The molecule has 0 bridgehead atoms. The van der Waals surface area contributed by atoms with Crippen LogP contribution in [0.5, 0.6) is 5.75 Å². The molecule has 0 saturated heterocycles. The average Bonchev–Trinajstić information content (AvgIpc) is 3.08. The van der Waals surface area contributed by atoms with Crippen LogP contribution >= 0.6 is 0 Å².